The topological polar surface area (TPSA) is 113 Å². The van der Waals surface area contributed by atoms with Crippen LogP contribution in [0.5, 0.6) is 5.75 Å². The zero-order valence-corrected chi connectivity index (χ0v) is 10.1. The summed E-state index contributed by atoms with van der Waals surface area (Å²) in [6.07, 6.45) is -5.44. The first-order valence-corrected chi connectivity index (χ1v) is 5.43. The average molecular weight is 270 g/mol. The summed E-state index contributed by atoms with van der Waals surface area (Å²) in [6.45, 7) is 1.39. The Morgan fingerprint density at radius 1 is 1.11 bits per heavy atom. The number of carboxylic acid groups (broad SMARTS) is 1. The van der Waals surface area contributed by atoms with E-state index < -0.39 is 30.4 Å². The summed E-state index contributed by atoms with van der Waals surface area (Å²) in [7, 11) is 0. The molecular formula is C12H14O7. The van der Waals surface area contributed by atoms with Crippen molar-refractivity contribution in [3.63, 3.8) is 0 Å². The predicted octanol–water partition coefficient (Wildman–Crippen LogP) is -0.239. The van der Waals surface area contributed by atoms with Gasteiger partial charge in [0.25, 0.3) is 0 Å². The zero-order valence-electron chi connectivity index (χ0n) is 10.1. The number of para-hydroxylation sites is 1. The number of aliphatic hydroxyl groups excluding tert-OH is 2. The fourth-order valence-electron chi connectivity index (χ4n) is 1.21. The Morgan fingerprint density at radius 3 is 2.21 bits per heavy atom. The minimum absolute atomic E-state index is 0.441. The highest BCUT2D eigenvalue weighted by atomic mass is 16.7. The molecule has 104 valence electrons. The molecule has 1 aromatic rings. The van der Waals surface area contributed by atoms with Gasteiger partial charge in [-0.25, -0.2) is 9.59 Å². The second kappa shape index (κ2) is 6.72. The van der Waals surface area contributed by atoms with E-state index in [0.717, 1.165) is 0 Å². The zero-order chi connectivity index (χ0) is 14.4. The number of carbonyl (C=O) groups excluding carboxylic acids is 1. The van der Waals surface area contributed by atoms with E-state index >= 15 is 0 Å². The molecule has 0 radical (unpaired) electrons. The Balaban J connectivity index is 2.50. The molecule has 0 amide bonds. The van der Waals surface area contributed by atoms with Crippen LogP contribution in [0.2, 0.25) is 0 Å². The minimum Gasteiger partial charge on any atom is -0.479 e. The Morgan fingerprint density at radius 2 is 1.68 bits per heavy atom. The van der Waals surface area contributed by atoms with Gasteiger partial charge in [0.15, 0.2) is 12.2 Å². The summed E-state index contributed by atoms with van der Waals surface area (Å²) < 4.78 is 9.85. The summed E-state index contributed by atoms with van der Waals surface area (Å²) in [5, 5.41) is 26.6. The van der Waals surface area contributed by atoms with Crippen molar-refractivity contribution < 1.29 is 34.4 Å². The summed E-state index contributed by atoms with van der Waals surface area (Å²) in [5.74, 6) is -2.56. The van der Waals surface area contributed by atoms with Gasteiger partial charge >= 0.3 is 11.9 Å². The van der Waals surface area contributed by atoms with Crippen LogP contribution in [0.3, 0.4) is 0 Å². The van der Waals surface area contributed by atoms with Crippen molar-refractivity contribution in [3.8, 4) is 5.75 Å². The number of rotatable bonds is 6. The van der Waals surface area contributed by atoms with Gasteiger partial charge < -0.3 is 24.8 Å². The van der Waals surface area contributed by atoms with Crippen molar-refractivity contribution in [3.05, 3.63) is 30.3 Å². The highest BCUT2D eigenvalue weighted by Crippen LogP contribution is 2.12. The molecule has 3 unspecified atom stereocenters. The van der Waals surface area contributed by atoms with Crippen LogP contribution in [-0.4, -0.2) is 45.8 Å². The standard InChI is InChI=1S/C12H14O7/c1-7(18-8-5-3-2-4-6-8)19-12(17)10(14)9(13)11(15)16/h2-7,9-10,13-14H,1H3,(H,15,16). The van der Waals surface area contributed by atoms with E-state index in [4.69, 9.17) is 14.9 Å². The molecule has 0 spiro atoms. The average Bonchev–Trinajstić information content (AvgIpc) is 2.37. The Labute approximate surface area is 109 Å². The van der Waals surface area contributed by atoms with Crippen LogP contribution in [0.4, 0.5) is 0 Å². The lowest BCUT2D eigenvalue weighted by molar-refractivity contribution is -0.182. The molecule has 0 fully saturated rings. The molecule has 0 saturated carbocycles. The first-order valence-electron chi connectivity index (χ1n) is 5.43. The van der Waals surface area contributed by atoms with E-state index in [0.29, 0.717) is 5.75 Å². The molecule has 0 bridgehead atoms. The van der Waals surface area contributed by atoms with Gasteiger partial charge in [-0.15, -0.1) is 0 Å². The maximum absolute atomic E-state index is 11.3. The van der Waals surface area contributed by atoms with Crippen LogP contribution in [0, 0.1) is 0 Å². The van der Waals surface area contributed by atoms with Crippen LogP contribution < -0.4 is 4.74 Å². The van der Waals surface area contributed by atoms with Gasteiger partial charge in [0, 0.05) is 6.92 Å². The van der Waals surface area contributed by atoms with Crippen molar-refractivity contribution in [2.24, 2.45) is 0 Å². The Kier molecular flexibility index (Phi) is 5.28. The highest BCUT2D eigenvalue weighted by Gasteiger charge is 2.32. The van der Waals surface area contributed by atoms with Gasteiger partial charge in [-0.05, 0) is 12.1 Å². The lowest BCUT2D eigenvalue weighted by Gasteiger charge is -2.18. The molecule has 0 heterocycles. The molecule has 0 aliphatic rings. The van der Waals surface area contributed by atoms with Gasteiger partial charge in [-0.2, -0.15) is 0 Å². The van der Waals surface area contributed by atoms with Crippen molar-refractivity contribution >= 4 is 11.9 Å². The van der Waals surface area contributed by atoms with Crippen molar-refractivity contribution in [2.75, 3.05) is 0 Å². The lowest BCUT2D eigenvalue weighted by Crippen LogP contribution is -2.42. The molecule has 1 rings (SSSR count). The fourth-order valence-corrected chi connectivity index (χ4v) is 1.21. The maximum Gasteiger partial charge on any atom is 0.341 e. The predicted molar refractivity (Wildman–Crippen MR) is 62.3 cm³/mol. The van der Waals surface area contributed by atoms with Gasteiger partial charge in [0.1, 0.15) is 5.75 Å². The number of aliphatic hydroxyl groups is 2. The lowest BCUT2D eigenvalue weighted by atomic mass is 10.2. The van der Waals surface area contributed by atoms with E-state index in [1.54, 1.807) is 30.3 Å². The van der Waals surface area contributed by atoms with Gasteiger partial charge in [0.2, 0.25) is 6.29 Å². The summed E-state index contributed by atoms with van der Waals surface area (Å²) in [6, 6.07) is 8.47. The number of benzene rings is 1. The molecule has 1 aromatic carbocycles. The van der Waals surface area contributed by atoms with E-state index in [1.807, 2.05) is 0 Å². The van der Waals surface area contributed by atoms with Crippen LogP contribution in [0.25, 0.3) is 0 Å². The summed E-state index contributed by atoms with van der Waals surface area (Å²) >= 11 is 0. The molecule has 0 aromatic heterocycles. The van der Waals surface area contributed by atoms with Crippen molar-refractivity contribution in [1.29, 1.82) is 0 Å². The molecule has 0 saturated heterocycles. The number of carbonyl (C=O) groups is 2. The van der Waals surface area contributed by atoms with Crippen molar-refractivity contribution in [2.45, 2.75) is 25.4 Å². The number of carboxylic acids is 1. The second-order valence-corrected chi connectivity index (χ2v) is 3.66. The van der Waals surface area contributed by atoms with Gasteiger partial charge in [-0.1, -0.05) is 18.2 Å². The third-order valence-electron chi connectivity index (χ3n) is 2.12. The molecule has 7 nitrogen and oxygen atoms in total. The highest BCUT2D eigenvalue weighted by molar-refractivity contribution is 5.84. The van der Waals surface area contributed by atoms with Crippen LogP contribution in [0.1, 0.15) is 6.92 Å². The number of hydrogen-bond acceptors (Lipinski definition) is 6. The first kappa shape index (κ1) is 14.9. The molecular weight excluding hydrogens is 256 g/mol. The van der Waals surface area contributed by atoms with Crippen molar-refractivity contribution in [1.82, 2.24) is 0 Å². The molecule has 0 aliphatic heterocycles. The van der Waals surface area contributed by atoms with Gasteiger partial charge in [0.05, 0.1) is 0 Å². The quantitative estimate of drug-likeness (QED) is 0.483. The molecule has 19 heavy (non-hydrogen) atoms. The van der Waals surface area contributed by atoms with E-state index in [2.05, 4.69) is 4.74 Å². The minimum atomic E-state index is -2.24. The van der Waals surface area contributed by atoms with Crippen LogP contribution >= 0.6 is 0 Å². The monoisotopic (exact) mass is 270 g/mol. The molecule has 3 N–H and O–H groups in total. The number of aliphatic carboxylic acids is 1. The smallest absolute Gasteiger partial charge is 0.341 e. The molecule has 0 aliphatic carbocycles. The largest absolute Gasteiger partial charge is 0.479 e. The third-order valence-corrected chi connectivity index (χ3v) is 2.12. The second-order valence-electron chi connectivity index (χ2n) is 3.66. The van der Waals surface area contributed by atoms with Crippen LogP contribution in [0.15, 0.2) is 30.3 Å². The Hall–Kier alpha value is -2.12. The number of esters is 1. The molecule has 7 heteroatoms. The number of ether oxygens (including phenoxy) is 2. The number of hydrogen-bond donors (Lipinski definition) is 3. The Bertz CT molecular complexity index is 431. The van der Waals surface area contributed by atoms with Gasteiger partial charge in [-0.3, -0.25) is 0 Å². The maximum atomic E-state index is 11.3. The van der Waals surface area contributed by atoms with E-state index in [1.165, 1.54) is 6.92 Å². The van der Waals surface area contributed by atoms with E-state index in [9.17, 15) is 14.7 Å². The van der Waals surface area contributed by atoms with E-state index in [-0.39, 0.29) is 0 Å². The SMILES string of the molecule is CC(OC(=O)C(O)C(O)C(=O)O)Oc1ccccc1. The van der Waals surface area contributed by atoms with Crippen LogP contribution in [-0.2, 0) is 14.3 Å². The molecule has 3 atom stereocenters. The normalized spacial score (nSPS) is 15.1. The first-order chi connectivity index (χ1) is 8.91. The summed E-state index contributed by atoms with van der Waals surface area (Å²) in [4.78, 5) is 21.7. The summed E-state index contributed by atoms with van der Waals surface area (Å²) in [5.41, 5.74) is 0. The fraction of sp³-hybridized carbons (Fsp3) is 0.333. The third kappa shape index (κ3) is 4.57.